The zero-order valence-corrected chi connectivity index (χ0v) is 19.0. The van der Waals surface area contributed by atoms with Crippen LogP contribution in [0.25, 0.3) is 16.1 Å². The van der Waals surface area contributed by atoms with Crippen LogP contribution in [-0.4, -0.2) is 28.8 Å². The zero-order valence-electron chi connectivity index (χ0n) is 18.2. The Bertz CT molecular complexity index is 1230. The van der Waals surface area contributed by atoms with Crippen LogP contribution in [0.3, 0.4) is 0 Å². The van der Waals surface area contributed by atoms with E-state index in [0.717, 1.165) is 24.3 Å². The maximum atomic E-state index is 11.8. The molecule has 0 amide bonds. The molecule has 0 bridgehead atoms. The fourth-order valence-electron chi connectivity index (χ4n) is 3.95. The SMILES string of the molecule is [C-]#[N+]c1cnc(Nc2cccc(N3CCCCC3)c2)nc1-c1cc(Cl)cc(CC(=O)C=C)c1. The van der Waals surface area contributed by atoms with Gasteiger partial charge in [0.15, 0.2) is 5.78 Å². The van der Waals surface area contributed by atoms with Crippen LogP contribution in [0.15, 0.2) is 61.3 Å². The highest BCUT2D eigenvalue weighted by Crippen LogP contribution is 2.32. The number of hydrogen-bond acceptors (Lipinski definition) is 5. The van der Waals surface area contributed by atoms with E-state index < -0.39 is 0 Å². The molecule has 1 aromatic heterocycles. The molecule has 3 aromatic rings. The molecule has 0 saturated carbocycles. The summed E-state index contributed by atoms with van der Waals surface area (Å²) >= 11 is 6.30. The predicted molar refractivity (Wildman–Crippen MR) is 133 cm³/mol. The van der Waals surface area contributed by atoms with E-state index in [2.05, 4.69) is 43.7 Å². The predicted octanol–water partition coefficient (Wildman–Crippen LogP) is 6.38. The van der Waals surface area contributed by atoms with Crippen LogP contribution < -0.4 is 10.2 Å². The van der Waals surface area contributed by atoms with E-state index in [1.165, 1.54) is 37.2 Å². The van der Waals surface area contributed by atoms with Gasteiger partial charge in [0.25, 0.3) is 0 Å². The minimum atomic E-state index is -0.104. The summed E-state index contributed by atoms with van der Waals surface area (Å²) in [6.45, 7) is 13.2. The van der Waals surface area contributed by atoms with Gasteiger partial charge in [-0.1, -0.05) is 30.3 Å². The molecule has 0 aliphatic carbocycles. The van der Waals surface area contributed by atoms with Crippen molar-refractivity contribution in [1.82, 2.24) is 9.97 Å². The zero-order chi connectivity index (χ0) is 23.2. The Morgan fingerprint density at radius 3 is 2.79 bits per heavy atom. The molecule has 1 aliphatic heterocycles. The summed E-state index contributed by atoms with van der Waals surface area (Å²) in [4.78, 5) is 26.7. The van der Waals surface area contributed by atoms with Gasteiger partial charge in [0.05, 0.1) is 12.3 Å². The molecule has 0 unspecified atom stereocenters. The number of benzene rings is 2. The molecular weight excluding hydrogens is 434 g/mol. The number of rotatable bonds is 7. The first-order valence-electron chi connectivity index (χ1n) is 10.9. The molecule has 1 N–H and O–H groups in total. The fraction of sp³-hybridized carbons (Fsp3) is 0.231. The fourth-order valence-corrected chi connectivity index (χ4v) is 4.21. The molecule has 0 radical (unpaired) electrons. The molecule has 1 saturated heterocycles. The van der Waals surface area contributed by atoms with Crippen molar-refractivity contribution >= 4 is 40.4 Å². The Kier molecular flexibility index (Phi) is 7.01. The van der Waals surface area contributed by atoms with Crippen molar-refractivity contribution in [3.05, 3.63) is 83.3 Å². The van der Waals surface area contributed by atoms with Gasteiger partial charge in [-0.15, -0.1) is 0 Å². The molecule has 2 aromatic carbocycles. The van der Waals surface area contributed by atoms with E-state index in [4.69, 9.17) is 18.2 Å². The Hall–Kier alpha value is -3.69. The molecule has 4 rings (SSSR count). The van der Waals surface area contributed by atoms with E-state index in [1.807, 2.05) is 18.2 Å². The lowest BCUT2D eigenvalue weighted by Gasteiger charge is -2.29. The number of anilines is 3. The topological polar surface area (TPSA) is 62.5 Å². The van der Waals surface area contributed by atoms with Gasteiger partial charge < -0.3 is 10.2 Å². The number of halogens is 1. The van der Waals surface area contributed by atoms with Crippen LogP contribution in [0.5, 0.6) is 0 Å². The highest BCUT2D eigenvalue weighted by atomic mass is 35.5. The second-order valence-corrected chi connectivity index (χ2v) is 8.39. The summed E-state index contributed by atoms with van der Waals surface area (Å²) in [5, 5.41) is 3.73. The quantitative estimate of drug-likeness (QED) is 0.329. The largest absolute Gasteiger partial charge is 0.371 e. The van der Waals surface area contributed by atoms with Crippen LogP contribution >= 0.6 is 11.6 Å². The Labute approximate surface area is 198 Å². The highest BCUT2D eigenvalue weighted by Gasteiger charge is 2.14. The third kappa shape index (κ3) is 5.57. The molecular formula is C26H24ClN5O. The van der Waals surface area contributed by atoms with Crippen molar-refractivity contribution in [2.75, 3.05) is 23.3 Å². The summed E-state index contributed by atoms with van der Waals surface area (Å²) < 4.78 is 0. The lowest BCUT2D eigenvalue weighted by Crippen LogP contribution is -2.29. The Morgan fingerprint density at radius 1 is 1.21 bits per heavy atom. The van der Waals surface area contributed by atoms with Crippen molar-refractivity contribution in [1.29, 1.82) is 0 Å². The van der Waals surface area contributed by atoms with Crippen molar-refractivity contribution in [2.24, 2.45) is 0 Å². The van der Waals surface area contributed by atoms with Crippen LogP contribution in [-0.2, 0) is 11.2 Å². The monoisotopic (exact) mass is 457 g/mol. The number of hydrogen-bond donors (Lipinski definition) is 1. The Balaban J connectivity index is 1.64. The summed E-state index contributed by atoms with van der Waals surface area (Å²) in [5.41, 5.74) is 4.22. The summed E-state index contributed by atoms with van der Waals surface area (Å²) in [6, 6.07) is 13.5. The van der Waals surface area contributed by atoms with Crippen molar-refractivity contribution in [2.45, 2.75) is 25.7 Å². The van der Waals surface area contributed by atoms with Crippen LogP contribution in [0.4, 0.5) is 23.0 Å². The van der Waals surface area contributed by atoms with E-state index in [0.29, 0.717) is 27.9 Å². The molecule has 0 atom stereocenters. The molecule has 1 aliphatic rings. The van der Waals surface area contributed by atoms with Gasteiger partial charge in [-0.25, -0.2) is 14.8 Å². The van der Waals surface area contributed by atoms with E-state index in [-0.39, 0.29) is 12.2 Å². The number of nitrogens with one attached hydrogen (secondary N) is 1. The average Bonchev–Trinajstić information content (AvgIpc) is 2.84. The van der Waals surface area contributed by atoms with Crippen molar-refractivity contribution in [3.8, 4) is 11.3 Å². The molecule has 6 nitrogen and oxygen atoms in total. The van der Waals surface area contributed by atoms with Gasteiger partial charge in [-0.3, -0.25) is 4.79 Å². The Morgan fingerprint density at radius 2 is 2.03 bits per heavy atom. The minimum Gasteiger partial charge on any atom is -0.371 e. The first-order chi connectivity index (χ1) is 16.1. The molecule has 7 heteroatoms. The van der Waals surface area contributed by atoms with Gasteiger partial charge in [0.2, 0.25) is 11.6 Å². The number of piperidine rings is 1. The number of nitrogens with zero attached hydrogens (tertiary/aromatic N) is 4. The van der Waals surface area contributed by atoms with Gasteiger partial charge in [0.1, 0.15) is 0 Å². The molecule has 33 heavy (non-hydrogen) atoms. The standard InChI is InChI=1S/C26H24ClN5O/c1-3-23(33)14-18-12-19(15-20(27)13-18)25-24(28-2)17-29-26(31-25)30-21-8-7-9-22(16-21)32-10-5-4-6-11-32/h3,7-9,12-13,15-17H,1,4-6,10-11,14H2,(H,29,30,31). The van der Waals surface area contributed by atoms with Crippen molar-refractivity contribution < 1.29 is 4.79 Å². The smallest absolute Gasteiger partial charge is 0.230 e. The first-order valence-corrected chi connectivity index (χ1v) is 11.2. The number of aromatic nitrogens is 2. The normalized spacial score (nSPS) is 13.3. The third-order valence-corrected chi connectivity index (χ3v) is 5.77. The number of carbonyl (C=O) groups is 1. The second kappa shape index (κ2) is 10.3. The highest BCUT2D eigenvalue weighted by molar-refractivity contribution is 6.31. The third-order valence-electron chi connectivity index (χ3n) is 5.55. The number of allylic oxidation sites excluding steroid dienone is 1. The molecule has 1 fully saturated rings. The van der Waals surface area contributed by atoms with Gasteiger partial charge in [-0.2, -0.15) is 0 Å². The minimum absolute atomic E-state index is 0.104. The second-order valence-electron chi connectivity index (χ2n) is 7.96. The van der Waals surface area contributed by atoms with E-state index in [1.54, 1.807) is 12.1 Å². The molecule has 166 valence electrons. The summed E-state index contributed by atoms with van der Waals surface area (Å²) in [5.74, 6) is 0.282. The van der Waals surface area contributed by atoms with Crippen molar-refractivity contribution in [3.63, 3.8) is 0 Å². The van der Waals surface area contributed by atoms with E-state index in [9.17, 15) is 4.79 Å². The molecule has 0 spiro atoms. The maximum absolute atomic E-state index is 11.8. The maximum Gasteiger partial charge on any atom is 0.230 e. The van der Waals surface area contributed by atoms with Crippen LogP contribution in [0, 0.1) is 6.57 Å². The van der Waals surface area contributed by atoms with Crippen LogP contribution in [0.1, 0.15) is 24.8 Å². The lowest BCUT2D eigenvalue weighted by atomic mass is 10.0. The number of carbonyl (C=O) groups excluding carboxylic acids is 1. The average molecular weight is 458 g/mol. The lowest BCUT2D eigenvalue weighted by molar-refractivity contribution is -0.114. The van der Waals surface area contributed by atoms with Gasteiger partial charge in [-0.05, 0) is 66.8 Å². The molecule has 2 heterocycles. The van der Waals surface area contributed by atoms with E-state index >= 15 is 0 Å². The van der Waals surface area contributed by atoms with Gasteiger partial charge >= 0.3 is 0 Å². The summed E-state index contributed by atoms with van der Waals surface area (Å²) in [6.07, 6.45) is 6.68. The first kappa shape index (κ1) is 22.5. The van der Waals surface area contributed by atoms with Gasteiger partial charge in [0, 0.05) is 42.1 Å². The summed E-state index contributed by atoms with van der Waals surface area (Å²) in [7, 11) is 0. The van der Waals surface area contributed by atoms with Crippen LogP contribution in [0.2, 0.25) is 5.02 Å². The number of ketones is 1.